The van der Waals surface area contributed by atoms with Crippen molar-refractivity contribution in [3.8, 4) is 0 Å². The predicted octanol–water partition coefficient (Wildman–Crippen LogP) is 1.86. The first-order valence-corrected chi connectivity index (χ1v) is 11.4. The number of nitrogens with one attached hydrogen (secondary N) is 1. The van der Waals surface area contributed by atoms with Crippen molar-refractivity contribution in [3.05, 3.63) is 40.3 Å². The number of nitrogens with zero attached hydrogens (tertiary/aromatic N) is 4. The summed E-state index contributed by atoms with van der Waals surface area (Å²) in [4.78, 5) is 61.3. The number of barbiturate groups is 1. The molecule has 32 heavy (non-hydrogen) atoms. The maximum atomic E-state index is 14.0. The van der Waals surface area contributed by atoms with Gasteiger partial charge in [0.05, 0.1) is 11.6 Å². The topological polar surface area (TPSA) is 104 Å². The van der Waals surface area contributed by atoms with E-state index in [0.29, 0.717) is 23.6 Å². The Kier molecular flexibility index (Phi) is 4.79. The van der Waals surface area contributed by atoms with Crippen molar-refractivity contribution < 1.29 is 14.4 Å². The highest BCUT2D eigenvalue weighted by atomic mass is 16.2. The zero-order valence-corrected chi connectivity index (χ0v) is 18.3. The fraction of sp³-hybridized carbons (Fsp3) is 0.522. The van der Waals surface area contributed by atoms with Crippen molar-refractivity contribution >= 4 is 29.3 Å². The first-order chi connectivity index (χ1) is 15.4. The second kappa shape index (κ2) is 7.43. The Morgan fingerprint density at radius 2 is 1.88 bits per heavy atom. The lowest BCUT2D eigenvalue weighted by Gasteiger charge is -2.51. The van der Waals surface area contributed by atoms with E-state index >= 15 is 0 Å². The Bertz CT molecular complexity index is 1180. The maximum absolute atomic E-state index is 14.0. The molecular weight excluding hydrogens is 410 g/mol. The van der Waals surface area contributed by atoms with Crippen LogP contribution in [0.2, 0.25) is 0 Å². The van der Waals surface area contributed by atoms with Crippen LogP contribution in [-0.4, -0.2) is 50.8 Å². The van der Waals surface area contributed by atoms with Crippen LogP contribution in [-0.2, 0) is 16.0 Å². The fourth-order valence-corrected chi connectivity index (χ4v) is 5.67. The number of imide groups is 2. The van der Waals surface area contributed by atoms with Gasteiger partial charge in [0, 0.05) is 25.2 Å². The lowest BCUT2D eigenvalue weighted by molar-refractivity contribution is -0.155. The lowest BCUT2D eigenvalue weighted by Crippen LogP contribution is -2.73. The SMILES string of the molecule is CCN1c2nc3ccccn3c(=O)c2C[C@]2(C(=O)NC(=O)N(C3CCCCC3)C2=O)[C@H]1C. The van der Waals surface area contributed by atoms with Gasteiger partial charge in [-0.15, -0.1) is 0 Å². The van der Waals surface area contributed by atoms with Gasteiger partial charge in [0.15, 0.2) is 5.41 Å². The minimum atomic E-state index is -1.56. The summed E-state index contributed by atoms with van der Waals surface area (Å²) in [6, 6.07) is 3.87. The molecule has 1 spiro atoms. The number of hydrogen-bond donors (Lipinski definition) is 1. The monoisotopic (exact) mass is 437 g/mol. The highest BCUT2D eigenvalue weighted by Crippen LogP contribution is 2.43. The predicted molar refractivity (Wildman–Crippen MR) is 117 cm³/mol. The molecule has 1 N–H and O–H groups in total. The average Bonchev–Trinajstić information content (AvgIpc) is 2.79. The van der Waals surface area contributed by atoms with E-state index in [-0.39, 0.29) is 18.0 Å². The van der Waals surface area contributed by atoms with Gasteiger partial charge in [-0.05, 0) is 38.8 Å². The zero-order valence-electron chi connectivity index (χ0n) is 18.3. The molecule has 2 atom stereocenters. The van der Waals surface area contributed by atoms with Crippen LogP contribution in [0.1, 0.15) is 51.5 Å². The van der Waals surface area contributed by atoms with Crippen LogP contribution in [0.5, 0.6) is 0 Å². The molecule has 2 aromatic rings. The van der Waals surface area contributed by atoms with Gasteiger partial charge < -0.3 is 4.90 Å². The standard InChI is InChI=1S/C23H27N5O4/c1-3-26-14(2)23(13-16-18(26)24-17-11-7-8-12-27(17)19(16)29)20(30)25-22(32)28(21(23)31)15-9-5-4-6-10-15/h7-8,11-12,14-15H,3-6,9-10,13H2,1-2H3,(H,25,30,32)/t14-,23-/m1/s1. The maximum Gasteiger partial charge on any atom is 0.331 e. The summed E-state index contributed by atoms with van der Waals surface area (Å²) in [5, 5.41) is 2.45. The van der Waals surface area contributed by atoms with E-state index in [9.17, 15) is 19.2 Å². The minimum Gasteiger partial charge on any atom is -0.352 e. The molecule has 9 nitrogen and oxygen atoms in total. The van der Waals surface area contributed by atoms with Crippen LogP contribution in [0.3, 0.4) is 0 Å². The Labute approximate surface area is 185 Å². The van der Waals surface area contributed by atoms with Crippen molar-refractivity contribution in [1.82, 2.24) is 19.6 Å². The van der Waals surface area contributed by atoms with Crippen LogP contribution < -0.4 is 15.8 Å². The number of carbonyl (C=O) groups is 3. The van der Waals surface area contributed by atoms with Crippen molar-refractivity contribution in [1.29, 1.82) is 0 Å². The van der Waals surface area contributed by atoms with Gasteiger partial charge in [0.25, 0.3) is 5.56 Å². The largest absolute Gasteiger partial charge is 0.352 e. The number of anilines is 1. The van der Waals surface area contributed by atoms with Crippen LogP contribution in [0.15, 0.2) is 29.2 Å². The smallest absolute Gasteiger partial charge is 0.331 e. The van der Waals surface area contributed by atoms with E-state index in [1.54, 1.807) is 18.3 Å². The zero-order chi connectivity index (χ0) is 22.6. The highest BCUT2D eigenvalue weighted by Gasteiger charge is 2.62. The molecule has 1 saturated carbocycles. The summed E-state index contributed by atoms with van der Waals surface area (Å²) in [6.07, 6.45) is 5.99. The van der Waals surface area contributed by atoms with Gasteiger partial charge in [0.1, 0.15) is 11.5 Å². The molecule has 168 valence electrons. The molecule has 1 saturated heterocycles. The number of urea groups is 1. The molecule has 3 aliphatic rings. The van der Waals surface area contributed by atoms with E-state index in [1.807, 2.05) is 24.8 Å². The average molecular weight is 438 g/mol. The fourth-order valence-electron chi connectivity index (χ4n) is 5.67. The molecule has 2 fully saturated rings. The highest BCUT2D eigenvalue weighted by molar-refractivity contribution is 6.20. The summed E-state index contributed by atoms with van der Waals surface area (Å²) in [6.45, 7) is 4.18. The Morgan fingerprint density at radius 1 is 1.12 bits per heavy atom. The van der Waals surface area contributed by atoms with Gasteiger partial charge in [-0.2, -0.15) is 0 Å². The first kappa shape index (κ1) is 20.7. The number of carbonyl (C=O) groups excluding carboxylic acids is 3. The number of aromatic nitrogens is 2. The molecule has 4 amide bonds. The molecule has 0 radical (unpaired) electrons. The molecule has 0 unspecified atom stereocenters. The molecule has 2 aromatic heterocycles. The first-order valence-electron chi connectivity index (χ1n) is 11.4. The minimum absolute atomic E-state index is 0.0785. The Balaban J connectivity index is 1.68. The molecule has 9 heteroatoms. The Hall–Kier alpha value is -3.23. The van der Waals surface area contributed by atoms with E-state index in [0.717, 1.165) is 32.1 Å². The summed E-state index contributed by atoms with van der Waals surface area (Å²) < 4.78 is 1.44. The number of hydrogen-bond acceptors (Lipinski definition) is 6. The number of fused-ring (bicyclic) bond motifs is 2. The van der Waals surface area contributed by atoms with E-state index in [1.165, 1.54) is 9.30 Å². The summed E-state index contributed by atoms with van der Waals surface area (Å²) in [5.74, 6) is -0.621. The second-order valence-corrected chi connectivity index (χ2v) is 8.98. The van der Waals surface area contributed by atoms with Crippen molar-refractivity contribution in [2.75, 3.05) is 11.4 Å². The third-order valence-electron chi connectivity index (χ3n) is 7.44. The van der Waals surface area contributed by atoms with Gasteiger partial charge >= 0.3 is 6.03 Å². The normalized spacial score (nSPS) is 26.6. The Morgan fingerprint density at radius 3 is 2.59 bits per heavy atom. The third-order valence-corrected chi connectivity index (χ3v) is 7.44. The number of pyridine rings is 1. The third kappa shape index (κ3) is 2.73. The van der Waals surface area contributed by atoms with Crippen LogP contribution in [0.4, 0.5) is 10.6 Å². The van der Waals surface area contributed by atoms with Crippen molar-refractivity contribution in [2.24, 2.45) is 5.41 Å². The van der Waals surface area contributed by atoms with Crippen molar-refractivity contribution in [2.45, 2.75) is 64.5 Å². The molecule has 5 rings (SSSR count). The van der Waals surface area contributed by atoms with E-state index in [4.69, 9.17) is 4.98 Å². The van der Waals surface area contributed by atoms with Crippen LogP contribution >= 0.6 is 0 Å². The molecular formula is C23H27N5O4. The second-order valence-electron chi connectivity index (χ2n) is 8.98. The number of rotatable bonds is 2. The quantitative estimate of drug-likeness (QED) is 0.720. The van der Waals surface area contributed by atoms with Crippen LogP contribution in [0.25, 0.3) is 5.65 Å². The van der Waals surface area contributed by atoms with Crippen LogP contribution in [0, 0.1) is 5.41 Å². The number of amides is 4. The molecule has 4 heterocycles. The summed E-state index contributed by atoms with van der Waals surface area (Å²) in [7, 11) is 0. The van der Waals surface area contributed by atoms with Crippen molar-refractivity contribution in [3.63, 3.8) is 0 Å². The molecule has 2 aliphatic heterocycles. The van der Waals surface area contributed by atoms with E-state index < -0.39 is 29.3 Å². The lowest BCUT2D eigenvalue weighted by atomic mass is 9.69. The van der Waals surface area contributed by atoms with Gasteiger partial charge in [-0.3, -0.25) is 29.0 Å². The summed E-state index contributed by atoms with van der Waals surface area (Å²) >= 11 is 0. The van der Waals surface area contributed by atoms with E-state index in [2.05, 4.69) is 5.32 Å². The van der Waals surface area contributed by atoms with Gasteiger partial charge in [-0.1, -0.05) is 25.3 Å². The summed E-state index contributed by atoms with van der Waals surface area (Å²) in [5.41, 5.74) is -1.01. The van der Waals surface area contributed by atoms with Gasteiger partial charge in [0.2, 0.25) is 11.8 Å². The molecule has 1 aliphatic carbocycles. The molecule has 0 aromatic carbocycles. The molecule has 0 bridgehead atoms. The van der Waals surface area contributed by atoms with Gasteiger partial charge in [-0.25, -0.2) is 9.78 Å².